The summed E-state index contributed by atoms with van der Waals surface area (Å²) in [5, 5.41) is 8.49. The molecule has 0 saturated carbocycles. The molecule has 72 heavy (non-hydrogen) atoms. The second-order valence-electron chi connectivity index (χ2n) is 17.9. The standard InChI is InChI=1S/C54H78IN3O14/c1-54(2,3)72-52(61)49(16-8-9-23-56-50(59)17-10-11-42-18-20-43(55)21-19-42)58-51(60)22-25-63-27-29-65-31-33-67-35-37-69-39-40-70-38-36-68-34-32-66-30-28-64-26-24-57-53(62)71-41-48-46-14-6-4-12-44(46)45-13-5-7-15-47(45)48/h4-7,12-15,18-21,48-49H,8-11,16-17,22-41H2,1-3H3,(H,56,59)(H,57,62)(H,58,60)/t49-/m0/s1. The fraction of sp³-hybridized carbons (Fsp3) is 0.593. The molecule has 17 nitrogen and oxygen atoms in total. The summed E-state index contributed by atoms with van der Waals surface area (Å²) in [6.45, 7) is 12.8. The van der Waals surface area contributed by atoms with Crippen molar-refractivity contribution in [3.8, 4) is 11.1 Å². The molecule has 3 amide bonds. The largest absolute Gasteiger partial charge is 0.458 e. The molecular formula is C54H78IN3O14. The second-order valence-corrected chi connectivity index (χ2v) is 19.1. The van der Waals surface area contributed by atoms with Crippen molar-refractivity contribution >= 4 is 46.5 Å². The maximum Gasteiger partial charge on any atom is 0.407 e. The van der Waals surface area contributed by atoms with Crippen LogP contribution in [0, 0.1) is 3.57 Å². The van der Waals surface area contributed by atoms with E-state index in [0.29, 0.717) is 138 Å². The van der Waals surface area contributed by atoms with Crippen LogP contribution in [0.3, 0.4) is 0 Å². The molecule has 400 valence electrons. The number of halogens is 1. The molecule has 0 aliphatic heterocycles. The van der Waals surface area contributed by atoms with Crippen molar-refractivity contribution in [3.05, 3.63) is 93.1 Å². The average molecular weight is 1120 g/mol. The molecule has 0 saturated heterocycles. The van der Waals surface area contributed by atoms with Gasteiger partial charge in [0.05, 0.1) is 106 Å². The molecule has 0 spiro atoms. The first-order chi connectivity index (χ1) is 35.0. The number of ether oxygens (including phenoxy) is 10. The van der Waals surface area contributed by atoms with E-state index < -0.39 is 23.7 Å². The molecule has 0 heterocycles. The molecule has 3 aromatic rings. The number of nitrogens with one attached hydrogen (secondary N) is 3. The molecule has 1 atom stereocenters. The maximum absolute atomic E-state index is 12.9. The summed E-state index contributed by atoms with van der Waals surface area (Å²) >= 11 is 2.27. The number of hydrogen-bond acceptors (Lipinski definition) is 14. The van der Waals surface area contributed by atoms with Gasteiger partial charge in [-0.25, -0.2) is 9.59 Å². The zero-order chi connectivity index (χ0) is 51.5. The first-order valence-corrected chi connectivity index (χ1v) is 26.3. The zero-order valence-electron chi connectivity index (χ0n) is 42.6. The summed E-state index contributed by atoms with van der Waals surface area (Å²) in [7, 11) is 0. The highest BCUT2D eigenvalue weighted by Crippen LogP contribution is 2.44. The Labute approximate surface area is 439 Å². The van der Waals surface area contributed by atoms with Crippen LogP contribution >= 0.6 is 22.6 Å². The van der Waals surface area contributed by atoms with Gasteiger partial charge in [-0.05, 0) is 115 Å². The van der Waals surface area contributed by atoms with Gasteiger partial charge in [-0.1, -0.05) is 60.7 Å². The van der Waals surface area contributed by atoms with Gasteiger partial charge in [-0.2, -0.15) is 0 Å². The van der Waals surface area contributed by atoms with E-state index in [4.69, 9.17) is 47.4 Å². The Morgan fingerprint density at radius 3 is 1.54 bits per heavy atom. The monoisotopic (exact) mass is 1120 g/mol. The molecule has 0 fully saturated rings. The molecule has 4 rings (SSSR count). The number of rotatable bonds is 40. The smallest absolute Gasteiger partial charge is 0.407 e. The molecule has 1 aliphatic rings. The van der Waals surface area contributed by atoms with Crippen LogP contribution in [0.25, 0.3) is 11.1 Å². The van der Waals surface area contributed by atoms with E-state index >= 15 is 0 Å². The van der Waals surface area contributed by atoms with Gasteiger partial charge in [-0.15, -0.1) is 0 Å². The lowest BCUT2D eigenvalue weighted by atomic mass is 9.98. The Hall–Kier alpha value is -4.25. The van der Waals surface area contributed by atoms with Crippen LogP contribution in [-0.4, -0.2) is 161 Å². The number of unbranched alkanes of at least 4 members (excludes halogenated alkanes) is 1. The van der Waals surface area contributed by atoms with Gasteiger partial charge in [-0.3, -0.25) is 9.59 Å². The van der Waals surface area contributed by atoms with Gasteiger partial charge in [0.2, 0.25) is 11.8 Å². The van der Waals surface area contributed by atoms with Gasteiger partial charge in [0.15, 0.2) is 0 Å². The van der Waals surface area contributed by atoms with Crippen molar-refractivity contribution < 1.29 is 66.5 Å². The van der Waals surface area contributed by atoms with Crippen molar-refractivity contribution in [2.45, 2.75) is 83.3 Å². The van der Waals surface area contributed by atoms with Crippen LogP contribution in [0.4, 0.5) is 4.79 Å². The van der Waals surface area contributed by atoms with E-state index in [1.165, 1.54) is 31.4 Å². The lowest BCUT2D eigenvalue weighted by Crippen LogP contribution is -2.44. The number of benzene rings is 3. The lowest BCUT2D eigenvalue weighted by Gasteiger charge is -2.24. The number of fused-ring (bicyclic) bond motifs is 3. The van der Waals surface area contributed by atoms with Gasteiger partial charge >= 0.3 is 12.1 Å². The fourth-order valence-electron chi connectivity index (χ4n) is 7.46. The quantitative estimate of drug-likeness (QED) is 0.0306. The van der Waals surface area contributed by atoms with Crippen LogP contribution in [0.2, 0.25) is 0 Å². The van der Waals surface area contributed by atoms with E-state index in [1.807, 2.05) is 24.3 Å². The zero-order valence-corrected chi connectivity index (χ0v) is 44.7. The van der Waals surface area contributed by atoms with Crippen molar-refractivity contribution in [1.29, 1.82) is 0 Å². The number of carbonyl (C=O) groups excluding carboxylic acids is 4. The first-order valence-electron chi connectivity index (χ1n) is 25.2. The third-order valence-corrected chi connectivity index (χ3v) is 11.7. The number of alkyl carbamates (subject to hydrolysis) is 1. The van der Waals surface area contributed by atoms with E-state index in [1.54, 1.807) is 20.8 Å². The van der Waals surface area contributed by atoms with Crippen LogP contribution in [0.1, 0.15) is 81.9 Å². The van der Waals surface area contributed by atoms with E-state index in [0.717, 1.165) is 12.8 Å². The molecule has 0 unspecified atom stereocenters. The summed E-state index contributed by atoms with van der Waals surface area (Å²) in [6, 6.07) is 24.0. The van der Waals surface area contributed by atoms with Crippen molar-refractivity contribution in [1.82, 2.24) is 16.0 Å². The Kier molecular flexibility index (Phi) is 30.7. The maximum atomic E-state index is 12.9. The molecular weight excluding hydrogens is 1040 g/mol. The van der Waals surface area contributed by atoms with Crippen LogP contribution in [-0.2, 0) is 68.2 Å². The van der Waals surface area contributed by atoms with Crippen LogP contribution in [0.15, 0.2) is 72.8 Å². The minimum Gasteiger partial charge on any atom is -0.458 e. The third-order valence-electron chi connectivity index (χ3n) is 11.0. The molecule has 0 aromatic heterocycles. The Balaban J connectivity index is 0.846. The van der Waals surface area contributed by atoms with Crippen LogP contribution in [0.5, 0.6) is 0 Å². The lowest BCUT2D eigenvalue weighted by molar-refractivity contribution is -0.159. The van der Waals surface area contributed by atoms with Crippen molar-refractivity contribution in [3.63, 3.8) is 0 Å². The van der Waals surface area contributed by atoms with Crippen molar-refractivity contribution in [2.75, 3.05) is 125 Å². The number of amides is 3. The summed E-state index contributed by atoms with van der Waals surface area (Å²) in [5.41, 5.74) is 5.26. The normalized spacial score (nSPS) is 12.5. The molecule has 0 radical (unpaired) electrons. The molecule has 1 aliphatic carbocycles. The number of aryl methyl sites for hydroxylation is 1. The Bertz CT molecular complexity index is 1940. The van der Waals surface area contributed by atoms with E-state index in [9.17, 15) is 19.2 Å². The summed E-state index contributed by atoms with van der Waals surface area (Å²) in [4.78, 5) is 50.2. The molecule has 18 heteroatoms. The first kappa shape index (κ1) is 60.3. The summed E-state index contributed by atoms with van der Waals surface area (Å²) in [6.07, 6.45) is 3.40. The molecule has 0 bridgehead atoms. The predicted octanol–water partition coefficient (Wildman–Crippen LogP) is 6.79. The van der Waals surface area contributed by atoms with E-state index in [2.05, 4.69) is 87.1 Å². The fourth-order valence-corrected chi connectivity index (χ4v) is 7.82. The minimum atomic E-state index is -0.790. The average Bonchev–Trinajstić information content (AvgIpc) is 3.68. The summed E-state index contributed by atoms with van der Waals surface area (Å²) < 4.78 is 56.6. The highest BCUT2D eigenvalue weighted by molar-refractivity contribution is 14.1. The second kappa shape index (κ2) is 36.6. The number of esters is 1. The van der Waals surface area contributed by atoms with Crippen molar-refractivity contribution in [2.24, 2.45) is 0 Å². The minimum absolute atomic E-state index is 0.00833. The third kappa shape index (κ3) is 26.6. The highest BCUT2D eigenvalue weighted by atomic mass is 127. The summed E-state index contributed by atoms with van der Waals surface area (Å²) in [5.74, 6) is -0.759. The number of carbonyl (C=O) groups is 4. The highest BCUT2D eigenvalue weighted by Gasteiger charge is 2.29. The van der Waals surface area contributed by atoms with Gasteiger partial charge in [0.25, 0.3) is 0 Å². The van der Waals surface area contributed by atoms with Gasteiger partial charge in [0.1, 0.15) is 18.2 Å². The van der Waals surface area contributed by atoms with E-state index in [-0.39, 0.29) is 37.4 Å². The van der Waals surface area contributed by atoms with Crippen LogP contribution < -0.4 is 16.0 Å². The number of hydrogen-bond donors (Lipinski definition) is 3. The SMILES string of the molecule is CC(C)(C)OC(=O)[C@H](CCCCNC(=O)CCCc1ccc(I)cc1)NC(=O)CCOCCOCCOCCOCCOCCOCCOCCOCCNC(=O)OCC1c2ccccc2-c2ccccc21. The Morgan fingerprint density at radius 1 is 0.542 bits per heavy atom. The predicted molar refractivity (Wildman–Crippen MR) is 281 cm³/mol. The Morgan fingerprint density at radius 2 is 1.03 bits per heavy atom. The molecule has 3 N–H and O–H groups in total. The van der Waals surface area contributed by atoms with Gasteiger partial charge in [0, 0.05) is 35.4 Å². The molecule has 3 aromatic carbocycles. The van der Waals surface area contributed by atoms with Gasteiger partial charge < -0.3 is 63.3 Å². The topological polar surface area (TPSA) is 197 Å².